The highest BCUT2D eigenvalue weighted by Crippen LogP contribution is 2.32. The lowest BCUT2D eigenvalue weighted by Gasteiger charge is -2.17. The Hall–Kier alpha value is -3.47. The van der Waals surface area contributed by atoms with Crippen molar-refractivity contribution >= 4 is 22.5 Å². The summed E-state index contributed by atoms with van der Waals surface area (Å²) in [5, 5.41) is 0.856. The zero-order chi connectivity index (χ0) is 20.5. The maximum atomic E-state index is 13.9. The summed E-state index contributed by atoms with van der Waals surface area (Å²) in [7, 11) is 0. The summed E-state index contributed by atoms with van der Waals surface area (Å²) >= 11 is 0. The van der Waals surface area contributed by atoms with E-state index in [0.29, 0.717) is 19.3 Å². The maximum Gasteiger partial charge on any atom is 0.227 e. The van der Waals surface area contributed by atoms with Crippen molar-refractivity contribution in [1.29, 1.82) is 0 Å². The van der Waals surface area contributed by atoms with E-state index >= 15 is 0 Å². The molecule has 1 amide bonds. The normalized spacial score (nSPS) is 13.0. The standard InChI is InChI=1S/C25H22FN3O/c26-18-11-12-21-20(16-18)19(25(28-21)22-8-3-4-14-27-22)7-5-10-24(30)29-15-13-17-6-1-2-9-23(17)29/h1-4,6,8-9,11-12,14,16,28H,5,7,10,13,15H2. The Morgan fingerprint density at radius 1 is 1.10 bits per heavy atom. The van der Waals surface area contributed by atoms with Crippen molar-refractivity contribution in [1.82, 2.24) is 9.97 Å². The van der Waals surface area contributed by atoms with Crippen LogP contribution in [0.15, 0.2) is 66.9 Å². The molecule has 0 aliphatic carbocycles. The molecule has 0 unspecified atom stereocenters. The molecule has 0 atom stereocenters. The van der Waals surface area contributed by atoms with Crippen LogP contribution < -0.4 is 4.90 Å². The number of hydrogen-bond acceptors (Lipinski definition) is 2. The van der Waals surface area contributed by atoms with Gasteiger partial charge in [0.05, 0.1) is 11.4 Å². The monoisotopic (exact) mass is 399 g/mol. The third-order valence-electron chi connectivity index (χ3n) is 5.79. The smallest absolute Gasteiger partial charge is 0.227 e. The van der Waals surface area contributed by atoms with Gasteiger partial charge in [0, 0.05) is 35.8 Å². The first-order valence-electron chi connectivity index (χ1n) is 10.3. The van der Waals surface area contributed by atoms with E-state index in [1.807, 2.05) is 41.3 Å². The van der Waals surface area contributed by atoms with Gasteiger partial charge in [-0.05, 0) is 66.8 Å². The number of carbonyl (C=O) groups excluding carboxylic acids is 1. The first-order valence-corrected chi connectivity index (χ1v) is 10.3. The van der Waals surface area contributed by atoms with Gasteiger partial charge in [-0.3, -0.25) is 9.78 Å². The molecule has 0 bridgehead atoms. The Bertz CT molecular complexity index is 1220. The molecule has 2 aromatic carbocycles. The summed E-state index contributed by atoms with van der Waals surface area (Å²) in [4.78, 5) is 22.6. The van der Waals surface area contributed by atoms with Crippen molar-refractivity contribution < 1.29 is 9.18 Å². The van der Waals surface area contributed by atoms with Crippen LogP contribution in [0, 0.1) is 5.82 Å². The number of aromatic amines is 1. The molecule has 2 aromatic heterocycles. The number of pyridine rings is 1. The first-order chi connectivity index (χ1) is 14.7. The Morgan fingerprint density at radius 2 is 1.97 bits per heavy atom. The molecule has 0 radical (unpaired) electrons. The number of carbonyl (C=O) groups is 1. The second-order valence-electron chi connectivity index (χ2n) is 7.66. The summed E-state index contributed by atoms with van der Waals surface area (Å²) in [5.41, 5.74) is 5.88. The van der Waals surface area contributed by atoms with E-state index in [0.717, 1.165) is 46.5 Å². The molecule has 1 aliphatic heterocycles. The molecule has 4 nitrogen and oxygen atoms in total. The topological polar surface area (TPSA) is 49.0 Å². The van der Waals surface area contributed by atoms with E-state index in [1.54, 1.807) is 18.3 Å². The first kappa shape index (κ1) is 18.6. The summed E-state index contributed by atoms with van der Waals surface area (Å²) in [6.07, 6.45) is 4.49. The van der Waals surface area contributed by atoms with Crippen molar-refractivity contribution in [2.75, 3.05) is 11.4 Å². The molecule has 5 heteroatoms. The fraction of sp³-hybridized carbons (Fsp3) is 0.200. The zero-order valence-electron chi connectivity index (χ0n) is 16.6. The summed E-state index contributed by atoms with van der Waals surface area (Å²) < 4.78 is 13.9. The number of nitrogens with one attached hydrogen (secondary N) is 1. The summed E-state index contributed by atoms with van der Waals surface area (Å²) in [6.45, 7) is 0.746. The quantitative estimate of drug-likeness (QED) is 0.496. The number of hydrogen-bond donors (Lipinski definition) is 1. The van der Waals surface area contributed by atoms with Crippen LogP contribution in [-0.4, -0.2) is 22.4 Å². The molecule has 1 N–H and O–H groups in total. The highest BCUT2D eigenvalue weighted by Gasteiger charge is 2.24. The van der Waals surface area contributed by atoms with Gasteiger partial charge in [0.1, 0.15) is 5.82 Å². The molecule has 30 heavy (non-hydrogen) atoms. The van der Waals surface area contributed by atoms with Gasteiger partial charge in [0.25, 0.3) is 0 Å². The van der Waals surface area contributed by atoms with Gasteiger partial charge in [-0.1, -0.05) is 24.3 Å². The third-order valence-corrected chi connectivity index (χ3v) is 5.79. The lowest BCUT2D eigenvalue weighted by molar-refractivity contribution is -0.118. The number of fused-ring (bicyclic) bond motifs is 2. The predicted molar refractivity (Wildman–Crippen MR) is 117 cm³/mol. The molecule has 1 aliphatic rings. The van der Waals surface area contributed by atoms with Crippen molar-refractivity contribution in [3.63, 3.8) is 0 Å². The second kappa shape index (κ2) is 7.75. The van der Waals surface area contributed by atoms with Gasteiger partial charge in [-0.15, -0.1) is 0 Å². The van der Waals surface area contributed by atoms with Gasteiger partial charge in [-0.2, -0.15) is 0 Å². The second-order valence-corrected chi connectivity index (χ2v) is 7.66. The van der Waals surface area contributed by atoms with Crippen molar-refractivity contribution in [2.45, 2.75) is 25.7 Å². The number of benzene rings is 2. The largest absolute Gasteiger partial charge is 0.353 e. The lowest BCUT2D eigenvalue weighted by Crippen LogP contribution is -2.28. The third kappa shape index (κ3) is 3.36. The molecule has 0 spiro atoms. The number of anilines is 1. The van der Waals surface area contributed by atoms with Crippen molar-refractivity contribution in [3.8, 4) is 11.4 Å². The Balaban J connectivity index is 1.38. The Kier molecular flexibility index (Phi) is 4.79. The van der Waals surface area contributed by atoms with E-state index in [-0.39, 0.29) is 11.7 Å². The number of rotatable bonds is 5. The van der Waals surface area contributed by atoms with Crippen LogP contribution in [0.1, 0.15) is 24.0 Å². The minimum absolute atomic E-state index is 0.144. The average molecular weight is 399 g/mol. The lowest BCUT2D eigenvalue weighted by atomic mass is 10.0. The molecule has 150 valence electrons. The van der Waals surface area contributed by atoms with Crippen molar-refractivity contribution in [2.24, 2.45) is 0 Å². The highest BCUT2D eigenvalue weighted by atomic mass is 19.1. The zero-order valence-corrected chi connectivity index (χ0v) is 16.6. The number of aromatic nitrogens is 2. The van der Waals surface area contributed by atoms with Crippen LogP contribution in [-0.2, 0) is 17.6 Å². The molecule has 4 aromatic rings. The minimum Gasteiger partial charge on any atom is -0.353 e. The van der Waals surface area contributed by atoms with E-state index in [2.05, 4.69) is 16.0 Å². The van der Waals surface area contributed by atoms with E-state index in [4.69, 9.17) is 0 Å². The Labute approximate surface area is 174 Å². The highest BCUT2D eigenvalue weighted by molar-refractivity contribution is 5.95. The van der Waals surface area contributed by atoms with Gasteiger partial charge < -0.3 is 9.88 Å². The fourth-order valence-electron chi connectivity index (χ4n) is 4.36. The molecule has 3 heterocycles. The molecule has 0 fully saturated rings. The van der Waals surface area contributed by atoms with Crippen LogP contribution in [0.4, 0.5) is 10.1 Å². The Morgan fingerprint density at radius 3 is 2.83 bits per heavy atom. The van der Waals surface area contributed by atoms with Gasteiger partial charge in [-0.25, -0.2) is 4.39 Å². The van der Waals surface area contributed by atoms with Crippen LogP contribution in [0.3, 0.4) is 0 Å². The van der Waals surface area contributed by atoms with Crippen LogP contribution in [0.5, 0.6) is 0 Å². The number of amides is 1. The molecule has 0 saturated carbocycles. The number of para-hydroxylation sites is 1. The van der Waals surface area contributed by atoms with E-state index in [1.165, 1.54) is 11.6 Å². The van der Waals surface area contributed by atoms with Crippen LogP contribution in [0.25, 0.3) is 22.3 Å². The molecular formula is C25H22FN3O. The van der Waals surface area contributed by atoms with Crippen LogP contribution >= 0.6 is 0 Å². The maximum absolute atomic E-state index is 13.9. The molecular weight excluding hydrogens is 377 g/mol. The van der Waals surface area contributed by atoms with Crippen molar-refractivity contribution in [3.05, 3.63) is 83.8 Å². The number of aryl methyl sites for hydroxylation is 1. The average Bonchev–Trinajstić information content (AvgIpc) is 3.36. The van der Waals surface area contributed by atoms with Gasteiger partial charge in [0.15, 0.2) is 0 Å². The van der Waals surface area contributed by atoms with E-state index < -0.39 is 0 Å². The fourth-order valence-corrected chi connectivity index (χ4v) is 4.36. The molecule has 5 rings (SSSR count). The van der Waals surface area contributed by atoms with Crippen LogP contribution in [0.2, 0.25) is 0 Å². The SMILES string of the molecule is O=C(CCCc1c(-c2ccccn2)[nH]c2ccc(F)cc12)N1CCc2ccccc21. The minimum atomic E-state index is -0.264. The van der Waals surface area contributed by atoms with Gasteiger partial charge in [0.2, 0.25) is 5.91 Å². The number of nitrogens with zero attached hydrogens (tertiary/aromatic N) is 2. The molecule has 0 saturated heterocycles. The number of halogens is 1. The summed E-state index contributed by atoms with van der Waals surface area (Å²) in [5.74, 6) is -0.120. The van der Waals surface area contributed by atoms with Gasteiger partial charge >= 0.3 is 0 Å². The predicted octanol–water partition coefficient (Wildman–Crippen LogP) is 5.28. The summed E-state index contributed by atoms with van der Waals surface area (Å²) in [6, 6.07) is 18.6. The van der Waals surface area contributed by atoms with E-state index in [9.17, 15) is 9.18 Å². The number of H-pyrrole nitrogens is 1.